The second kappa shape index (κ2) is 25.9. The van der Waals surface area contributed by atoms with Crippen LogP contribution in [0.15, 0.2) is 125 Å². The number of benzene rings is 2. The van der Waals surface area contributed by atoms with E-state index in [0.717, 1.165) is 67.9 Å². The maximum absolute atomic E-state index is 13.4. The topological polar surface area (TPSA) is 88.5 Å². The van der Waals surface area contributed by atoms with Gasteiger partial charge in [0.1, 0.15) is 5.82 Å². The highest BCUT2D eigenvalue weighted by molar-refractivity contribution is 8.29. The van der Waals surface area contributed by atoms with E-state index in [1.165, 1.54) is 19.9 Å². The Hall–Kier alpha value is -3.17. The molecule has 4 rings (SSSR count). The molecule has 55 heavy (non-hydrogen) atoms. The smallest absolute Gasteiger partial charge is 0.360 e. The number of rotatable bonds is 14. The van der Waals surface area contributed by atoms with Crippen molar-refractivity contribution < 1.29 is 32.4 Å². The van der Waals surface area contributed by atoms with Crippen molar-refractivity contribution in [3.8, 4) is 0 Å². The zero-order valence-corrected chi connectivity index (χ0v) is 37.1. The Kier molecular flexibility index (Phi) is 23.5. The van der Waals surface area contributed by atoms with Gasteiger partial charge in [-0.15, -0.1) is 10.3 Å². The Labute approximate surface area is 334 Å². The lowest BCUT2D eigenvalue weighted by Gasteiger charge is -2.49. The molecule has 0 amide bonds. The summed E-state index contributed by atoms with van der Waals surface area (Å²) in [6.45, 7) is 15.6. The molecule has 0 saturated carbocycles. The monoisotopic (exact) mass is 801 g/mol. The predicted molar refractivity (Wildman–Crippen MR) is 236 cm³/mol. The molecular formula is C45H69FNO6PS. The second-order valence-electron chi connectivity index (χ2n) is 13.6. The van der Waals surface area contributed by atoms with E-state index in [1.807, 2.05) is 70.2 Å². The summed E-state index contributed by atoms with van der Waals surface area (Å²) in [5.41, 5.74) is 5.22. The minimum Gasteiger partial charge on any atom is -0.515 e. The van der Waals surface area contributed by atoms with Gasteiger partial charge < -0.3 is 28.3 Å². The number of anilines is 1. The molecule has 2 aliphatic rings. The summed E-state index contributed by atoms with van der Waals surface area (Å²) in [7, 11) is -0.626. The first-order valence-corrected chi connectivity index (χ1v) is 23.1. The van der Waals surface area contributed by atoms with Gasteiger partial charge in [-0.1, -0.05) is 94.5 Å². The molecule has 0 aromatic heterocycles. The van der Waals surface area contributed by atoms with Crippen molar-refractivity contribution in [2.75, 3.05) is 45.3 Å². The van der Waals surface area contributed by atoms with E-state index < -0.39 is 17.9 Å². The third kappa shape index (κ3) is 15.7. The molecule has 1 aliphatic carbocycles. The fourth-order valence-electron chi connectivity index (χ4n) is 5.81. The van der Waals surface area contributed by atoms with E-state index in [9.17, 15) is 8.96 Å². The Morgan fingerprint density at radius 1 is 0.982 bits per heavy atom. The lowest BCUT2D eigenvalue weighted by atomic mass is 9.84. The third-order valence-electron chi connectivity index (χ3n) is 9.72. The van der Waals surface area contributed by atoms with Crippen molar-refractivity contribution >= 4 is 23.6 Å². The van der Waals surface area contributed by atoms with E-state index >= 15 is 0 Å². The van der Waals surface area contributed by atoms with E-state index in [4.69, 9.17) is 23.4 Å². The summed E-state index contributed by atoms with van der Waals surface area (Å²) in [5, 5.41) is 17.0. The van der Waals surface area contributed by atoms with E-state index in [1.54, 1.807) is 18.2 Å². The van der Waals surface area contributed by atoms with Crippen molar-refractivity contribution in [1.82, 2.24) is 0 Å². The number of nitrogens with zero attached hydrogens (tertiary/aromatic N) is 1. The average molecular weight is 802 g/mol. The van der Waals surface area contributed by atoms with Crippen molar-refractivity contribution in [2.45, 2.75) is 91.5 Å². The zero-order chi connectivity index (χ0) is 41.6. The molecule has 1 heterocycles. The number of aliphatic hydroxyl groups excluding tert-OH is 2. The summed E-state index contributed by atoms with van der Waals surface area (Å²) < 4.78 is 42.7. The number of hydrogen-bond acceptors (Lipinski definition) is 7. The standard InChI is InChI=1S/C24H34FNOS.C18H25O4P.C2H6.CH4O/c1-18(2)28(4,5)27-24(20-11-14-22(25)15-12-20)16-13-21-17-26(19(21)3)23-9-7-6-8-10-23;1-5-16(11-10-15(2)14-19)17-8-6-7-9-18(13-12-17)23(20,21-3)22-4;2*1-2/h6-12,14-15,18-19,21,24H,13,16-17H2,1-5H3;5,8-14,19H,6-7H2,1-4H3;1-2H3;2H,1H3/b;11-10-,13-12?,15-14+,16-5+,17-8+,18-9?;;/t19?,21-,24?;;;/m0.../s1. The molecule has 0 radical (unpaired) electrons. The van der Waals surface area contributed by atoms with Crippen LogP contribution in [-0.4, -0.2) is 61.9 Å². The predicted octanol–water partition coefficient (Wildman–Crippen LogP) is 12.8. The zero-order valence-electron chi connectivity index (χ0n) is 35.4. The van der Waals surface area contributed by atoms with E-state index in [2.05, 4.69) is 74.6 Å². The summed E-state index contributed by atoms with van der Waals surface area (Å²) >= 11 is 0. The van der Waals surface area contributed by atoms with Gasteiger partial charge in [0.25, 0.3) is 0 Å². The van der Waals surface area contributed by atoms with Crippen LogP contribution in [0.2, 0.25) is 0 Å². The molecule has 2 N–H and O–H groups in total. The highest BCUT2D eigenvalue weighted by Crippen LogP contribution is 2.56. The quantitative estimate of drug-likeness (QED) is 0.112. The van der Waals surface area contributed by atoms with Crippen molar-refractivity contribution in [3.05, 3.63) is 137 Å². The SMILES string of the molecule is C/C=C(\C=C/C(C)=C/O)C1=C/CCC=C(P(=O)(OC)OC)C=C\1.CC.CC1[C@@H](CCC(OS(C)(C)C(C)C)c2ccc(F)cc2)CN1c1ccccc1.CO. The van der Waals surface area contributed by atoms with Crippen LogP contribution in [0.5, 0.6) is 0 Å². The lowest BCUT2D eigenvalue weighted by molar-refractivity contribution is 0.188. The highest BCUT2D eigenvalue weighted by Gasteiger charge is 2.36. The molecule has 10 heteroatoms. The Balaban J connectivity index is 0.000000514. The van der Waals surface area contributed by atoms with Crippen LogP contribution in [0.25, 0.3) is 0 Å². The summed E-state index contributed by atoms with van der Waals surface area (Å²) in [5.74, 6) is 0.480. The number of allylic oxidation sites excluding steroid dienone is 11. The third-order valence-corrected chi connectivity index (χ3v) is 14.6. The van der Waals surface area contributed by atoms with Crippen LogP contribution in [-0.2, 0) is 17.8 Å². The highest BCUT2D eigenvalue weighted by atomic mass is 32.3. The number of hydrogen-bond donors (Lipinski definition) is 2. The molecule has 3 atom stereocenters. The molecule has 1 aliphatic heterocycles. The van der Waals surface area contributed by atoms with Gasteiger partial charge in [0.05, 0.1) is 17.7 Å². The van der Waals surface area contributed by atoms with Gasteiger partial charge in [0.15, 0.2) is 0 Å². The lowest BCUT2D eigenvalue weighted by Crippen LogP contribution is -2.54. The van der Waals surface area contributed by atoms with Gasteiger partial charge in [0, 0.05) is 44.9 Å². The van der Waals surface area contributed by atoms with E-state index in [0.29, 0.717) is 22.5 Å². The van der Waals surface area contributed by atoms with Crippen LogP contribution in [0.1, 0.15) is 85.8 Å². The Morgan fingerprint density at radius 2 is 1.58 bits per heavy atom. The van der Waals surface area contributed by atoms with Crippen LogP contribution in [0.3, 0.4) is 0 Å². The van der Waals surface area contributed by atoms with Crippen LogP contribution >= 0.6 is 17.9 Å². The van der Waals surface area contributed by atoms with E-state index in [-0.39, 0.29) is 11.9 Å². The maximum atomic E-state index is 13.4. The minimum atomic E-state index is -3.24. The first-order chi connectivity index (χ1) is 26.3. The summed E-state index contributed by atoms with van der Waals surface area (Å²) in [6.07, 6.45) is 22.8. The largest absolute Gasteiger partial charge is 0.515 e. The van der Waals surface area contributed by atoms with Crippen LogP contribution < -0.4 is 4.90 Å². The summed E-state index contributed by atoms with van der Waals surface area (Å²) in [6, 6.07) is 18.1. The summed E-state index contributed by atoms with van der Waals surface area (Å²) in [4.78, 5) is 2.47. The fraction of sp³-hybridized carbons (Fsp3) is 0.467. The number of para-hydroxylation sites is 1. The Bertz CT molecular complexity index is 1620. The van der Waals surface area contributed by atoms with Gasteiger partial charge in [-0.2, -0.15) is 0 Å². The molecule has 308 valence electrons. The van der Waals surface area contributed by atoms with Crippen LogP contribution in [0, 0.1) is 11.7 Å². The normalized spacial score (nSPS) is 19.5. The average Bonchev–Trinajstić information content (AvgIpc) is 3.19. The first-order valence-electron chi connectivity index (χ1n) is 19.2. The molecule has 2 aromatic rings. The molecule has 0 bridgehead atoms. The number of aliphatic hydroxyl groups is 2. The molecule has 1 saturated heterocycles. The van der Waals surface area contributed by atoms with Crippen molar-refractivity contribution in [3.63, 3.8) is 0 Å². The molecule has 2 aromatic carbocycles. The minimum absolute atomic E-state index is 0.0333. The van der Waals surface area contributed by atoms with Gasteiger partial charge >= 0.3 is 7.60 Å². The van der Waals surface area contributed by atoms with Gasteiger partial charge in [-0.25, -0.2) is 4.39 Å². The molecule has 0 spiro atoms. The van der Waals surface area contributed by atoms with Crippen molar-refractivity contribution in [2.24, 2.45) is 5.92 Å². The molecule has 7 nitrogen and oxygen atoms in total. The van der Waals surface area contributed by atoms with Crippen molar-refractivity contribution in [1.29, 1.82) is 0 Å². The molecule has 2 unspecified atom stereocenters. The van der Waals surface area contributed by atoms with Crippen LogP contribution in [0.4, 0.5) is 10.1 Å². The van der Waals surface area contributed by atoms with Gasteiger partial charge in [0.2, 0.25) is 0 Å². The maximum Gasteiger partial charge on any atom is 0.360 e. The molecular weight excluding hydrogens is 733 g/mol. The number of halogens is 1. The fourth-order valence-corrected chi connectivity index (χ4v) is 8.02. The van der Waals surface area contributed by atoms with Gasteiger partial charge in [-0.3, -0.25) is 4.57 Å². The first kappa shape index (κ1) is 49.8. The Morgan fingerprint density at radius 3 is 2.11 bits per heavy atom. The molecule has 1 fully saturated rings. The van der Waals surface area contributed by atoms with Gasteiger partial charge in [-0.05, 0) is 118 Å². The second-order valence-corrected chi connectivity index (χ2v) is 19.6.